The third-order valence-electron chi connectivity index (χ3n) is 5.36. The molecule has 7 nitrogen and oxygen atoms in total. The minimum absolute atomic E-state index is 0.0806. The van der Waals surface area contributed by atoms with E-state index in [-0.39, 0.29) is 12.0 Å². The number of anilines is 1. The molecule has 3 rings (SSSR count). The van der Waals surface area contributed by atoms with Gasteiger partial charge >= 0.3 is 6.03 Å². The monoisotopic (exact) mass is 375 g/mol. The Morgan fingerprint density at radius 3 is 2.67 bits per heavy atom. The lowest BCUT2D eigenvalue weighted by atomic mass is 9.81. The van der Waals surface area contributed by atoms with Crippen LogP contribution >= 0.6 is 0 Å². The number of para-hydroxylation sites is 2. The van der Waals surface area contributed by atoms with Crippen LogP contribution in [0.2, 0.25) is 0 Å². The van der Waals surface area contributed by atoms with E-state index in [2.05, 4.69) is 16.0 Å². The Morgan fingerprint density at radius 2 is 1.96 bits per heavy atom. The normalized spacial score (nSPS) is 21.3. The summed E-state index contributed by atoms with van der Waals surface area (Å²) in [4.78, 5) is 25.6. The van der Waals surface area contributed by atoms with Gasteiger partial charge in [-0.2, -0.15) is 0 Å². The molecule has 2 fully saturated rings. The maximum Gasteiger partial charge on any atom is 0.320 e. The molecule has 3 amide bonds. The average molecular weight is 375 g/mol. The maximum absolute atomic E-state index is 13.0. The van der Waals surface area contributed by atoms with Crippen molar-refractivity contribution in [2.24, 2.45) is 0 Å². The van der Waals surface area contributed by atoms with Crippen LogP contribution in [0.3, 0.4) is 0 Å². The number of methoxy groups -OCH3 is 1. The van der Waals surface area contributed by atoms with Crippen molar-refractivity contribution in [3.8, 4) is 5.75 Å². The number of urea groups is 1. The van der Waals surface area contributed by atoms with E-state index in [1.165, 1.54) is 0 Å². The first kappa shape index (κ1) is 19.5. The van der Waals surface area contributed by atoms with Gasteiger partial charge in [0, 0.05) is 13.2 Å². The zero-order chi connectivity index (χ0) is 19.1. The number of benzene rings is 1. The summed E-state index contributed by atoms with van der Waals surface area (Å²) in [5.41, 5.74) is -0.300. The number of carbonyl (C=O) groups excluding carboxylic acids is 2. The SMILES string of the molecule is COc1ccccc1NC(=O)NC1(C(=O)NCC2CCCO2)CCCCC1. The second kappa shape index (κ2) is 9.08. The van der Waals surface area contributed by atoms with Gasteiger partial charge in [-0.3, -0.25) is 4.79 Å². The van der Waals surface area contributed by atoms with E-state index in [0.717, 1.165) is 38.7 Å². The Morgan fingerprint density at radius 1 is 1.19 bits per heavy atom. The first-order valence-corrected chi connectivity index (χ1v) is 9.75. The van der Waals surface area contributed by atoms with E-state index in [4.69, 9.17) is 9.47 Å². The van der Waals surface area contributed by atoms with Gasteiger partial charge in [0.05, 0.1) is 18.9 Å². The lowest BCUT2D eigenvalue weighted by Gasteiger charge is -2.36. The summed E-state index contributed by atoms with van der Waals surface area (Å²) in [5.74, 6) is 0.459. The van der Waals surface area contributed by atoms with Crippen LogP contribution in [0.1, 0.15) is 44.9 Å². The predicted octanol–water partition coefficient (Wildman–Crippen LogP) is 2.81. The Bertz CT molecular complexity index is 652. The summed E-state index contributed by atoms with van der Waals surface area (Å²) in [7, 11) is 1.56. The summed E-state index contributed by atoms with van der Waals surface area (Å²) >= 11 is 0. The third-order valence-corrected chi connectivity index (χ3v) is 5.36. The van der Waals surface area contributed by atoms with Gasteiger partial charge in [0.15, 0.2) is 0 Å². The molecular formula is C20H29N3O4. The number of rotatable bonds is 6. The van der Waals surface area contributed by atoms with E-state index in [9.17, 15) is 9.59 Å². The average Bonchev–Trinajstić information content (AvgIpc) is 3.20. The van der Waals surface area contributed by atoms with Crippen molar-refractivity contribution in [3.63, 3.8) is 0 Å². The van der Waals surface area contributed by atoms with E-state index in [0.29, 0.717) is 30.8 Å². The second-order valence-corrected chi connectivity index (χ2v) is 7.27. The molecule has 1 aromatic carbocycles. The molecule has 1 heterocycles. The van der Waals surface area contributed by atoms with Crippen molar-refractivity contribution in [3.05, 3.63) is 24.3 Å². The van der Waals surface area contributed by atoms with Crippen molar-refractivity contribution in [2.45, 2.75) is 56.6 Å². The fourth-order valence-electron chi connectivity index (χ4n) is 3.86. The van der Waals surface area contributed by atoms with Gasteiger partial charge < -0.3 is 25.4 Å². The standard InChI is InChI=1S/C20H29N3O4/c1-26-17-10-4-3-9-16(17)22-19(25)23-20(11-5-2-6-12-20)18(24)21-14-15-8-7-13-27-15/h3-4,9-10,15H,2,5-8,11-14H2,1H3,(H,21,24)(H2,22,23,25). The molecule has 0 spiro atoms. The minimum Gasteiger partial charge on any atom is -0.495 e. The van der Waals surface area contributed by atoms with E-state index in [1.807, 2.05) is 12.1 Å². The first-order chi connectivity index (χ1) is 13.1. The molecule has 2 aliphatic rings. The molecule has 1 saturated heterocycles. The number of ether oxygens (including phenoxy) is 2. The molecule has 148 valence electrons. The molecule has 3 N–H and O–H groups in total. The van der Waals surface area contributed by atoms with Gasteiger partial charge in [-0.15, -0.1) is 0 Å². The van der Waals surface area contributed by atoms with Crippen LogP contribution in [0.25, 0.3) is 0 Å². The van der Waals surface area contributed by atoms with Crippen LogP contribution in [-0.4, -0.2) is 43.8 Å². The lowest BCUT2D eigenvalue weighted by Crippen LogP contribution is -2.61. The third kappa shape index (κ3) is 4.91. The predicted molar refractivity (Wildman–Crippen MR) is 103 cm³/mol. The van der Waals surface area contributed by atoms with Gasteiger partial charge in [0.1, 0.15) is 11.3 Å². The topological polar surface area (TPSA) is 88.7 Å². The summed E-state index contributed by atoms with van der Waals surface area (Å²) in [5, 5.41) is 8.75. The van der Waals surface area contributed by atoms with Crippen molar-refractivity contribution in [2.75, 3.05) is 25.6 Å². The number of hydrogen-bond donors (Lipinski definition) is 3. The molecule has 1 saturated carbocycles. The van der Waals surface area contributed by atoms with Crippen molar-refractivity contribution in [1.29, 1.82) is 0 Å². The van der Waals surface area contributed by atoms with Crippen LogP contribution < -0.4 is 20.7 Å². The summed E-state index contributed by atoms with van der Waals surface area (Å²) in [6.45, 7) is 1.25. The number of carbonyl (C=O) groups is 2. The Kier molecular flexibility index (Phi) is 6.55. The van der Waals surface area contributed by atoms with Crippen LogP contribution in [-0.2, 0) is 9.53 Å². The summed E-state index contributed by atoms with van der Waals surface area (Å²) < 4.78 is 10.8. The van der Waals surface area contributed by atoms with Crippen LogP contribution in [0.15, 0.2) is 24.3 Å². The van der Waals surface area contributed by atoms with Crippen molar-refractivity contribution in [1.82, 2.24) is 10.6 Å². The van der Waals surface area contributed by atoms with Crippen LogP contribution in [0.4, 0.5) is 10.5 Å². The van der Waals surface area contributed by atoms with Gasteiger partial charge in [-0.05, 0) is 37.8 Å². The molecular weight excluding hydrogens is 346 g/mol. The highest BCUT2D eigenvalue weighted by Gasteiger charge is 2.41. The molecule has 0 bridgehead atoms. The van der Waals surface area contributed by atoms with E-state index >= 15 is 0 Å². The Hall–Kier alpha value is -2.28. The molecule has 1 unspecified atom stereocenters. The molecule has 7 heteroatoms. The van der Waals surface area contributed by atoms with Crippen LogP contribution in [0, 0.1) is 0 Å². The molecule has 1 aromatic rings. The first-order valence-electron chi connectivity index (χ1n) is 9.75. The van der Waals surface area contributed by atoms with Gasteiger partial charge in [0.25, 0.3) is 0 Å². The van der Waals surface area contributed by atoms with Gasteiger partial charge in [0.2, 0.25) is 5.91 Å². The largest absolute Gasteiger partial charge is 0.495 e. The van der Waals surface area contributed by atoms with Gasteiger partial charge in [-0.1, -0.05) is 31.4 Å². The smallest absolute Gasteiger partial charge is 0.320 e. The highest BCUT2D eigenvalue weighted by atomic mass is 16.5. The molecule has 0 aromatic heterocycles. The Labute approximate surface area is 160 Å². The fourth-order valence-corrected chi connectivity index (χ4v) is 3.86. The minimum atomic E-state index is -0.872. The number of amides is 3. The summed E-state index contributed by atoms with van der Waals surface area (Å²) in [6, 6.07) is 6.81. The zero-order valence-electron chi connectivity index (χ0n) is 15.9. The molecule has 27 heavy (non-hydrogen) atoms. The maximum atomic E-state index is 13.0. The highest BCUT2D eigenvalue weighted by molar-refractivity contribution is 5.96. The van der Waals surface area contributed by atoms with Crippen molar-refractivity contribution >= 4 is 17.6 Å². The Balaban J connectivity index is 1.64. The highest BCUT2D eigenvalue weighted by Crippen LogP contribution is 2.29. The summed E-state index contributed by atoms with van der Waals surface area (Å²) in [6.07, 6.45) is 6.28. The molecule has 1 aliphatic heterocycles. The molecule has 0 radical (unpaired) electrons. The molecule has 1 aliphatic carbocycles. The van der Waals surface area contributed by atoms with Crippen molar-refractivity contribution < 1.29 is 19.1 Å². The van der Waals surface area contributed by atoms with E-state index in [1.54, 1.807) is 19.2 Å². The molecule has 1 atom stereocenters. The quantitative estimate of drug-likeness (QED) is 0.713. The number of nitrogens with one attached hydrogen (secondary N) is 3. The number of hydrogen-bond acceptors (Lipinski definition) is 4. The van der Waals surface area contributed by atoms with Gasteiger partial charge in [-0.25, -0.2) is 4.79 Å². The van der Waals surface area contributed by atoms with Crippen LogP contribution in [0.5, 0.6) is 5.75 Å². The van der Waals surface area contributed by atoms with E-state index < -0.39 is 11.6 Å². The zero-order valence-corrected chi connectivity index (χ0v) is 15.9. The second-order valence-electron chi connectivity index (χ2n) is 7.27. The fraction of sp³-hybridized carbons (Fsp3) is 0.600. The lowest BCUT2D eigenvalue weighted by molar-refractivity contribution is -0.129.